The van der Waals surface area contributed by atoms with Gasteiger partial charge in [-0.3, -0.25) is 0 Å². The Kier molecular flexibility index (Phi) is 4.13. The fourth-order valence-electron chi connectivity index (χ4n) is 1.27. The summed E-state index contributed by atoms with van der Waals surface area (Å²) in [7, 11) is 0. The smallest absolute Gasteiger partial charge is 0.0595 e. The topological polar surface area (TPSA) is 60.4 Å². The maximum absolute atomic E-state index is 10.1. The Bertz CT molecular complexity index is 282. The highest BCUT2D eigenvalue weighted by molar-refractivity contribution is 5.64. The molecular formula is C11H13O3-. The average Bonchev–Trinajstić information content (AvgIpc) is 2.15. The van der Waals surface area contributed by atoms with Gasteiger partial charge in [0, 0.05) is 12.4 Å². The van der Waals surface area contributed by atoms with Gasteiger partial charge >= 0.3 is 0 Å². The van der Waals surface area contributed by atoms with Crippen molar-refractivity contribution < 1.29 is 15.0 Å². The molecule has 0 saturated heterocycles. The SMILES string of the molecule is O=C([O-])CC(O)CCc1ccccc1. The summed E-state index contributed by atoms with van der Waals surface area (Å²) in [6, 6.07) is 9.65. The van der Waals surface area contributed by atoms with Crippen LogP contribution in [0.3, 0.4) is 0 Å². The van der Waals surface area contributed by atoms with Gasteiger partial charge in [-0.1, -0.05) is 30.3 Å². The number of hydrogen-bond donors (Lipinski definition) is 1. The number of carboxylic acid groups (broad SMARTS) is 1. The molecule has 76 valence electrons. The summed E-state index contributed by atoms with van der Waals surface area (Å²) >= 11 is 0. The molecule has 14 heavy (non-hydrogen) atoms. The molecule has 0 fully saturated rings. The van der Waals surface area contributed by atoms with E-state index in [2.05, 4.69) is 0 Å². The summed E-state index contributed by atoms with van der Waals surface area (Å²) in [4.78, 5) is 10.1. The number of carbonyl (C=O) groups is 1. The van der Waals surface area contributed by atoms with Crippen LogP contribution in [0.1, 0.15) is 18.4 Å². The molecule has 0 heterocycles. The van der Waals surface area contributed by atoms with Crippen LogP contribution in [0.2, 0.25) is 0 Å². The van der Waals surface area contributed by atoms with Gasteiger partial charge in [-0.2, -0.15) is 0 Å². The number of rotatable bonds is 5. The fourth-order valence-corrected chi connectivity index (χ4v) is 1.27. The third kappa shape index (κ3) is 4.05. The van der Waals surface area contributed by atoms with Crippen LogP contribution in [0.15, 0.2) is 30.3 Å². The first-order valence-electron chi connectivity index (χ1n) is 4.60. The number of aliphatic hydroxyl groups excluding tert-OH is 1. The quantitative estimate of drug-likeness (QED) is 0.722. The summed E-state index contributed by atoms with van der Waals surface area (Å²) in [5.41, 5.74) is 1.10. The van der Waals surface area contributed by atoms with Gasteiger partial charge in [0.2, 0.25) is 0 Å². The van der Waals surface area contributed by atoms with Crippen molar-refractivity contribution in [3.05, 3.63) is 35.9 Å². The van der Waals surface area contributed by atoms with E-state index < -0.39 is 12.1 Å². The van der Waals surface area contributed by atoms with Crippen molar-refractivity contribution in [2.75, 3.05) is 0 Å². The van der Waals surface area contributed by atoms with E-state index in [1.807, 2.05) is 30.3 Å². The zero-order valence-corrected chi connectivity index (χ0v) is 7.85. The molecule has 1 aromatic rings. The molecule has 1 atom stereocenters. The van der Waals surface area contributed by atoms with E-state index >= 15 is 0 Å². The molecule has 3 heteroatoms. The number of aliphatic carboxylic acids is 1. The van der Waals surface area contributed by atoms with Gasteiger partial charge in [0.15, 0.2) is 0 Å². The molecule has 0 aromatic heterocycles. The molecule has 0 bridgehead atoms. The Labute approximate surface area is 83.0 Å². The molecule has 1 N–H and O–H groups in total. The second-order valence-electron chi connectivity index (χ2n) is 3.25. The highest BCUT2D eigenvalue weighted by Gasteiger charge is 2.04. The van der Waals surface area contributed by atoms with Crippen molar-refractivity contribution >= 4 is 5.97 Å². The third-order valence-corrected chi connectivity index (χ3v) is 2.01. The third-order valence-electron chi connectivity index (χ3n) is 2.01. The summed E-state index contributed by atoms with van der Waals surface area (Å²) in [6.45, 7) is 0. The summed E-state index contributed by atoms with van der Waals surface area (Å²) in [5, 5.41) is 19.4. The van der Waals surface area contributed by atoms with Crippen molar-refractivity contribution in [2.45, 2.75) is 25.4 Å². The highest BCUT2D eigenvalue weighted by atomic mass is 16.4. The van der Waals surface area contributed by atoms with E-state index in [0.717, 1.165) is 5.56 Å². The molecule has 0 radical (unpaired) electrons. The lowest BCUT2D eigenvalue weighted by molar-refractivity contribution is -0.307. The number of aryl methyl sites for hydroxylation is 1. The minimum absolute atomic E-state index is 0.285. The zero-order valence-electron chi connectivity index (χ0n) is 7.85. The Morgan fingerprint density at radius 3 is 2.57 bits per heavy atom. The monoisotopic (exact) mass is 193 g/mol. The normalized spacial score (nSPS) is 12.4. The minimum Gasteiger partial charge on any atom is -0.550 e. The predicted octanol–water partition coefficient (Wildman–Crippen LogP) is 0.120. The van der Waals surface area contributed by atoms with Crippen LogP contribution in [0.4, 0.5) is 0 Å². The summed E-state index contributed by atoms with van der Waals surface area (Å²) < 4.78 is 0. The van der Waals surface area contributed by atoms with Crippen LogP contribution in [-0.2, 0) is 11.2 Å². The van der Waals surface area contributed by atoms with Gasteiger partial charge in [0.1, 0.15) is 0 Å². The lowest BCUT2D eigenvalue weighted by atomic mass is 10.1. The summed E-state index contributed by atoms with van der Waals surface area (Å²) in [6.07, 6.45) is 0.0559. The molecule has 1 rings (SSSR count). The number of benzene rings is 1. The molecule has 0 saturated carbocycles. The van der Waals surface area contributed by atoms with E-state index in [1.165, 1.54) is 0 Å². The fraction of sp³-hybridized carbons (Fsp3) is 0.364. The van der Waals surface area contributed by atoms with E-state index in [-0.39, 0.29) is 6.42 Å². The van der Waals surface area contributed by atoms with Crippen molar-refractivity contribution in [1.82, 2.24) is 0 Å². The van der Waals surface area contributed by atoms with E-state index in [4.69, 9.17) is 0 Å². The minimum atomic E-state index is -1.20. The number of aliphatic hydroxyl groups is 1. The first-order valence-corrected chi connectivity index (χ1v) is 4.60. The Morgan fingerprint density at radius 1 is 1.36 bits per heavy atom. The van der Waals surface area contributed by atoms with Crippen LogP contribution in [0, 0.1) is 0 Å². The second kappa shape index (κ2) is 5.40. The number of hydrogen-bond acceptors (Lipinski definition) is 3. The van der Waals surface area contributed by atoms with Crippen molar-refractivity contribution in [3.63, 3.8) is 0 Å². The maximum Gasteiger partial charge on any atom is 0.0595 e. The van der Waals surface area contributed by atoms with Gasteiger partial charge in [-0.25, -0.2) is 0 Å². The largest absolute Gasteiger partial charge is 0.550 e. The van der Waals surface area contributed by atoms with Crippen molar-refractivity contribution in [3.8, 4) is 0 Å². The number of carboxylic acids is 1. The molecule has 0 amide bonds. The van der Waals surface area contributed by atoms with E-state index in [1.54, 1.807) is 0 Å². The molecule has 1 unspecified atom stereocenters. The first kappa shape index (κ1) is 10.7. The van der Waals surface area contributed by atoms with Gasteiger partial charge < -0.3 is 15.0 Å². The molecule has 0 aliphatic heterocycles. The van der Waals surface area contributed by atoms with Gasteiger partial charge in [0.05, 0.1) is 6.10 Å². The molecule has 1 aromatic carbocycles. The van der Waals surface area contributed by atoms with Gasteiger partial charge in [-0.05, 0) is 18.4 Å². The van der Waals surface area contributed by atoms with Crippen molar-refractivity contribution in [1.29, 1.82) is 0 Å². The molecule has 0 aliphatic carbocycles. The molecule has 3 nitrogen and oxygen atoms in total. The highest BCUT2D eigenvalue weighted by Crippen LogP contribution is 2.06. The summed E-state index contributed by atoms with van der Waals surface area (Å²) in [5.74, 6) is -1.20. The molecular weight excluding hydrogens is 180 g/mol. The Hall–Kier alpha value is -1.35. The zero-order chi connectivity index (χ0) is 10.4. The van der Waals surface area contributed by atoms with Crippen LogP contribution in [0.5, 0.6) is 0 Å². The lowest BCUT2D eigenvalue weighted by Gasteiger charge is -2.10. The second-order valence-corrected chi connectivity index (χ2v) is 3.25. The van der Waals surface area contributed by atoms with Crippen LogP contribution in [-0.4, -0.2) is 17.2 Å². The van der Waals surface area contributed by atoms with Gasteiger partial charge in [-0.15, -0.1) is 0 Å². The van der Waals surface area contributed by atoms with Crippen LogP contribution >= 0.6 is 0 Å². The van der Waals surface area contributed by atoms with E-state index in [0.29, 0.717) is 12.8 Å². The Balaban J connectivity index is 2.30. The maximum atomic E-state index is 10.1. The average molecular weight is 193 g/mol. The standard InChI is InChI=1S/C11H14O3/c12-10(8-11(13)14)7-6-9-4-2-1-3-5-9/h1-5,10,12H,6-8H2,(H,13,14)/p-1. The van der Waals surface area contributed by atoms with E-state index in [9.17, 15) is 15.0 Å². The first-order chi connectivity index (χ1) is 6.68. The molecule has 0 aliphatic rings. The Morgan fingerprint density at radius 2 is 2.00 bits per heavy atom. The van der Waals surface area contributed by atoms with Gasteiger partial charge in [0.25, 0.3) is 0 Å². The molecule has 0 spiro atoms. The lowest BCUT2D eigenvalue weighted by Crippen LogP contribution is -2.27. The predicted molar refractivity (Wildman–Crippen MR) is 50.4 cm³/mol. The van der Waals surface area contributed by atoms with Crippen LogP contribution in [0.25, 0.3) is 0 Å². The van der Waals surface area contributed by atoms with Crippen molar-refractivity contribution in [2.24, 2.45) is 0 Å². The number of carbonyl (C=O) groups excluding carboxylic acids is 1. The van der Waals surface area contributed by atoms with Crippen LogP contribution < -0.4 is 5.11 Å².